The van der Waals surface area contributed by atoms with Gasteiger partial charge in [-0.3, -0.25) is 5.32 Å². The molecule has 29 heavy (non-hydrogen) atoms. The van der Waals surface area contributed by atoms with E-state index >= 15 is 0 Å². The molecule has 0 bridgehead atoms. The van der Waals surface area contributed by atoms with Crippen LogP contribution in [-0.4, -0.2) is 48.5 Å². The van der Waals surface area contributed by atoms with Gasteiger partial charge in [0.25, 0.3) is 15.9 Å². The summed E-state index contributed by atoms with van der Waals surface area (Å²) in [4.78, 5) is 28.5. The fourth-order valence-electron chi connectivity index (χ4n) is 2.08. The lowest BCUT2D eigenvalue weighted by Crippen LogP contribution is -2.36. The molecule has 0 saturated heterocycles. The standard InChI is InChI=1S/C14H13ClN6O5S.C2H6/c1-8-7-10(15)18-13(17-8)19-14(22)21-27(23,24)12-9(3-2-4-16-12)11-20-26-6-5-25-11;1-2/h2-4,7H,5-6H2,1H3,(H2,17,18,19,21,22);1-2H3. The van der Waals surface area contributed by atoms with Crippen LogP contribution in [-0.2, 0) is 19.6 Å². The zero-order valence-electron chi connectivity index (χ0n) is 15.8. The Balaban J connectivity index is 0.00000145. The van der Waals surface area contributed by atoms with Gasteiger partial charge in [-0.2, -0.15) is 8.42 Å². The van der Waals surface area contributed by atoms with E-state index < -0.39 is 21.1 Å². The Labute approximate surface area is 172 Å². The van der Waals surface area contributed by atoms with Gasteiger partial charge in [0.05, 0.1) is 5.56 Å². The lowest BCUT2D eigenvalue weighted by molar-refractivity contribution is 0.0653. The number of sulfonamides is 1. The van der Waals surface area contributed by atoms with E-state index in [1.807, 2.05) is 18.6 Å². The number of ether oxygens (including phenoxy) is 1. The highest BCUT2D eigenvalue weighted by atomic mass is 35.5. The maximum Gasteiger partial charge on any atom is 0.335 e. The predicted molar refractivity (Wildman–Crippen MR) is 105 cm³/mol. The molecule has 0 fully saturated rings. The lowest BCUT2D eigenvalue weighted by atomic mass is 10.3. The number of carbonyl (C=O) groups excluding carboxylic acids is 1. The van der Waals surface area contributed by atoms with Crippen molar-refractivity contribution < 1.29 is 22.8 Å². The summed E-state index contributed by atoms with van der Waals surface area (Å²) in [6, 6.07) is 3.32. The van der Waals surface area contributed by atoms with Crippen molar-refractivity contribution >= 4 is 39.5 Å². The number of anilines is 1. The zero-order chi connectivity index (χ0) is 21.4. The van der Waals surface area contributed by atoms with Gasteiger partial charge in [-0.15, -0.1) is 0 Å². The summed E-state index contributed by atoms with van der Waals surface area (Å²) in [5.41, 5.74) is 0.542. The van der Waals surface area contributed by atoms with Crippen LogP contribution in [0.1, 0.15) is 25.1 Å². The first-order valence-electron chi connectivity index (χ1n) is 8.48. The van der Waals surface area contributed by atoms with E-state index in [0.717, 1.165) is 0 Å². The fourth-order valence-corrected chi connectivity index (χ4v) is 3.36. The first-order chi connectivity index (χ1) is 13.8. The van der Waals surface area contributed by atoms with Crippen LogP contribution in [0.25, 0.3) is 0 Å². The summed E-state index contributed by atoms with van der Waals surface area (Å²) in [6.07, 6.45) is 1.25. The minimum absolute atomic E-state index is 0.0485. The van der Waals surface area contributed by atoms with Crippen LogP contribution in [0.3, 0.4) is 0 Å². The molecule has 3 rings (SSSR count). The summed E-state index contributed by atoms with van der Waals surface area (Å²) in [6.45, 7) is 6.08. The third-order valence-corrected chi connectivity index (χ3v) is 4.57. The number of oxime groups is 1. The topological polar surface area (TPSA) is 145 Å². The third-order valence-electron chi connectivity index (χ3n) is 3.09. The SMILES string of the molecule is CC.Cc1cc(Cl)nc(NC(=O)NS(=O)(=O)c2ncccc2C2=NOCCO2)n1. The Hall–Kier alpha value is -2.99. The van der Waals surface area contributed by atoms with Crippen LogP contribution < -0.4 is 10.0 Å². The van der Waals surface area contributed by atoms with E-state index in [-0.39, 0.29) is 35.8 Å². The average molecular weight is 443 g/mol. The van der Waals surface area contributed by atoms with Gasteiger partial charge in [-0.1, -0.05) is 25.4 Å². The van der Waals surface area contributed by atoms with Crippen LogP contribution in [0.5, 0.6) is 0 Å². The normalized spacial score (nSPS) is 13.0. The minimum Gasteiger partial charge on any atom is -0.471 e. The van der Waals surface area contributed by atoms with Crippen molar-refractivity contribution in [3.63, 3.8) is 0 Å². The van der Waals surface area contributed by atoms with Gasteiger partial charge in [0.1, 0.15) is 11.8 Å². The number of rotatable bonds is 4. The first-order valence-corrected chi connectivity index (χ1v) is 10.3. The Morgan fingerprint density at radius 1 is 1.24 bits per heavy atom. The molecule has 0 atom stereocenters. The van der Waals surface area contributed by atoms with Gasteiger partial charge in [0.15, 0.2) is 11.6 Å². The molecule has 3 heterocycles. The number of hydrogen-bond acceptors (Lipinski definition) is 9. The van der Waals surface area contributed by atoms with Crippen LogP contribution in [0.2, 0.25) is 5.15 Å². The number of amides is 2. The van der Waals surface area contributed by atoms with Crippen molar-refractivity contribution in [2.24, 2.45) is 5.16 Å². The van der Waals surface area contributed by atoms with E-state index in [1.54, 1.807) is 6.92 Å². The van der Waals surface area contributed by atoms with Gasteiger partial charge in [0, 0.05) is 11.9 Å². The highest BCUT2D eigenvalue weighted by molar-refractivity contribution is 7.90. The van der Waals surface area contributed by atoms with Gasteiger partial charge >= 0.3 is 6.03 Å². The predicted octanol–water partition coefficient (Wildman–Crippen LogP) is 2.08. The molecule has 2 N–H and O–H groups in total. The first kappa shape index (κ1) is 22.3. The minimum atomic E-state index is -4.36. The summed E-state index contributed by atoms with van der Waals surface area (Å²) in [5, 5.41) is 5.51. The molecule has 0 saturated carbocycles. The van der Waals surface area contributed by atoms with E-state index in [4.69, 9.17) is 21.2 Å². The maximum atomic E-state index is 12.6. The number of aryl methyl sites for hydroxylation is 1. The molecular formula is C16H19ClN6O5S. The van der Waals surface area contributed by atoms with E-state index in [0.29, 0.717) is 5.69 Å². The molecule has 0 unspecified atom stereocenters. The molecule has 156 valence electrons. The second-order valence-corrected chi connectivity index (χ2v) is 7.13. The summed E-state index contributed by atoms with van der Waals surface area (Å²) < 4.78 is 32.3. The third kappa shape index (κ3) is 5.99. The molecule has 13 heteroatoms. The number of carbonyl (C=O) groups is 1. The monoisotopic (exact) mass is 442 g/mol. The average Bonchev–Trinajstić information content (AvgIpc) is 2.69. The molecule has 0 aromatic carbocycles. The van der Waals surface area contributed by atoms with Crippen molar-refractivity contribution in [2.45, 2.75) is 25.8 Å². The number of urea groups is 1. The Kier molecular flexibility index (Phi) is 7.67. The van der Waals surface area contributed by atoms with Crippen molar-refractivity contribution in [1.82, 2.24) is 19.7 Å². The molecule has 2 aromatic heterocycles. The summed E-state index contributed by atoms with van der Waals surface area (Å²) in [7, 11) is -4.36. The smallest absolute Gasteiger partial charge is 0.335 e. The van der Waals surface area contributed by atoms with Crippen molar-refractivity contribution in [1.29, 1.82) is 0 Å². The molecule has 1 aliphatic heterocycles. The number of aromatic nitrogens is 3. The second-order valence-electron chi connectivity index (χ2n) is 5.15. The Morgan fingerprint density at radius 3 is 2.66 bits per heavy atom. The van der Waals surface area contributed by atoms with E-state index in [2.05, 4.69) is 25.4 Å². The van der Waals surface area contributed by atoms with E-state index in [9.17, 15) is 13.2 Å². The highest BCUT2D eigenvalue weighted by Gasteiger charge is 2.27. The Morgan fingerprint density at radius 2 is 2.00 bits per heavy atom. The lowest BCUT2D eigenvalue weighted by Gasteiger charge is -2.15. The molecule has 1 aliphatic rings. The molecule has 2 aromatic rings. The number of hydrogen-bond donors (Lipinski definition) is 2. The Bertz CT molecular complexity index is 994. The van der Waals surface area contributed by atoms with Crippen molar-refractivity contribution in [3.8, 4) is 0 Å². The highest BCUT2D eigenvalue weighted by Crippen LogP contribution is 2.16. The zero-order valence-corrected chi connectivity index (χ0v) is 17.4. The number of nitrogens with zero attached hydrogens (tertiary/aromatic N) is 4. The van der Waals surface area contributed by atoms with Crippen LogP contribution in [0, 0.1) is 6.92 Å². The summed E-state index contributed by atoms with van der Waals surface area (Å²) >= 11 is 5.78. The van der Waals surface area contributed by atoms with Crippen LogP contribution in [0.15, 0.2) is 34.6 Å². The van der Waals surface area contributed by atoms with E-state index in [1.165, 1.54) is 24.4 Å². The van der Waals surface area contributed by atoms with Gasteiger partial charge < -0.3 is 9.57 Å². The van der Waals surface area contributed by atoms with Gasteiger partial charge in [-0.05, 0) is 30.3 Å². The molecule has 2 amide bonds. The fraction of sp³-hybridized carbons (Fsp3) is 0.312. The number of halogens is 1. The van der Waals surface area contributed by atoms with Crippen molar-refractivity contribution in [3.05, 3.63) is 40.8 Å². The molecule has 11 nitrogen and oxygen atoms in total. The molecular weight excluding hydrogens is 424 g/mol. The summed E-state index contributed by atoms with van der Waals surface area (Å²) in [5.74, 6) is -0.203. The molecule has 0 aliphatic carbocycles. The molecule has 0 radical (unpaired) electrons. The van der Waals surface area contributed by atoms with Crippen molar-refractivity contribution in [2.75, 3.05) is 18.5 Å². The number of pyridine rings is 1. The second kappa shape index (κ2) is 9.98. The van der Waals surface area contributed by atoms with Crippen LogP contribution in [0.4, 0.5) is 10.7 Å². The number of nitrogens with one attached hydrogen (secondary N) is 2. The van der Waals surface area contributed by atoms with Gasteiger partial charge in [0.2, 0.25) is 5.95 Å². The molecule has 0 spiro atoms. The van der Waals surface area contributed by atoms with Crippen LogP contribution >= 0.6 is 11.6 Å². The quantitative estimate of drug-likeness (QED) is 0.684. The maximum absolute atomic E-state index is 12.6. The van der Waals surface area contributed by atoms with Gasteiger partial charge in [-0.25, -0.2) is 24.5 Å². The largest absolute Gasteiger partial charge is 0.471 e.